The number of thiophene rings is 2. The summed E-state index contributed by atoms with van der Waals surface area (Å²) in [4.78, 5) is 0. The van der Waals surface area contributed by atoms with Crippen LogP contribution in [0.2, 0.25) is 0 Å². The molecule has 0 fully saturated rings. The molecule has 5 heteroatoms. The zero-order valence-corrected chi connectivity index (χ0v) is 35.8. The Morgan fingerprint density at radius 2 is 1.22 bits per heavy atom. The molecule has 285 valence electrons. The van der Waals surface area contributed by atoms with E-state index in [9.17, 15) is 0 Å². The standard InChI is InChI=1S/C55H40BN2S2/c1-54(2,3)30-18-20-31(21-19-30)57-45-28-43-37(32-12-6-9-15-42(32)55(43,4)5)24-38(45)35-22-23-36-39-27-50-41(34-14-8-11-17-49(34)59-50)26-46(39)58-47-29-51-40(25-44(47)56-52(35)53(36)58)33-13-7-10-16-48(33)60-51/h6-29,57H,1-5H3. The molecule has 8 aromatic carbocycles. The lowest BCUT2D eigenvalue weighted by atomic mass is 9.59. The van der Waals surface area contributed by atoms with Gasteiger partial charge in [0, 0.05) is 79.3 Å². The van der Waals surface area contributed by atoms with Gasteiger partial charge in [-0.15, -0.1) is 22.7 Å². The van der Waals surface area contributed by atoms with Crippen LogP contribution in [0.3, 0.4) is 0 Å². The molecule has 0 saturated heterocycles. The number of benzene rings is 8. The Labute approximate surface area is 358 Å². The monoisotopic (exact) mass is 803 g/mol. The van der Waals surface area contributed by atoms with Crippen LogP contribution in [0.25, 0.3) is 90.1 Å². The number of aromatic nitrogens is 1. The van der Waals surface area contributed by atoms with Gasteiger partial charge in [0.05, 0.1) is 5.52 Å². The van der Waals surface area contributed by atoms with E-state index in [1.165, 1.54) is 118 Å². The molecular weight excluding hydrogens is 764 g/mol. The summed E-state index contributed by atoms with van der Waals surface area (Å²) in [6.45, 7) is 11.6. The summed E-state index contributed by atoms with van der Waals surface area (Å²) in [7, 11) is 2.49. The van der Waals surface area contributed by atoms with Crippen LogP contribution in [0.5, 0.6) is 0 Å². The van der Waals surface area contributed by atoms with E-state index in [0.717, 1.165) is 11.4 Å². The van der Waals surface area contributed by atoms with Gasteiger partial charge >= 0.3 is 0 Å². The van der Waals surface area contributed by atoms with E-state index >= 15 is 0 Å². The van der Waals surface area contributed by atoms with Crippen molar-refractivity contribution in [2.45, 2.75) is 45.4 Å². The zero-order chi connectivity index (χ0) is 40.2. The van der Waals surface area contributed by atoms with E-state index in [4.69, 9.17) is 0 Å². The summed E-state index contributed by atoms with van der Waals surface area (Å²) < 4.78 is 7.92. The molecule has 11 aromatic rings. The normalized spacial score (nSPS) is 14.0. The van der Waals surface area contributed by atoms with Crippen LogP contribution in [0.15, 0.2) is 146 Å². The minimum Gasteiger partial charge on any atom is -0.355 e. The number of nitrogens with one attached hydrogen (secondary N) is 1. The van der Waals surface area contributed by atoms with E-state index in [0.29, 0.717) is 0 Å². The highest BCUT2D eigenvalue weighted by Gasteiger charge is 2.37. The second kappa shape index (κ2) is 12.0. The number of rotatable bonds is 3. The van der Waals surface area contributed by atoms with Crippen LogP contribution in [0.1, 0.15) is 51.3 Å². The molecule has 0 bridgehead atoms. The van der Waals surface area contributed by atoms with Crippen molar-refractivity contribution in [3.05, 3.63) is 162 Å². The van der Waals surface area contributed by atoms with E-state index in [2.05, 4.69) is 197 Å². The third-order valence-corrected chi connectivity index (χ3v) is 15.8. The highest BCUT2D eigenvalue weighted by molar-refractivity contribution is 7.26. The van der Waals surface area contributed by atoms with Gasteiger partial charge in [-0.25, -0.2) is 0 Å². The van der Waals surface area contributed by atoms with Crippen molar-refractivity contribution in [3.63, 3.8) is 0 Å². The van der Waals surface area contributed by atoms with Gasteiger partial charge < -0.3 is 9.88 Å². The van der Waals surface area contributed by atoms with E-state index < -0.39 is 0 Å². The van der Waals surface area contributed by atoms with Crippen molar-refractivity contribution in [1.29, 1.82) is 0 Å². The fourth-order valence-corrected chi connectivity index (χ4v) is 12.8. The van der Waals surface area contributed by atoms with Crippen molar-refractivity contribution in [2.24, 2.45) is 0 Å². The highest BCUT2D eigenvalue weighted by Crippen LogP contribution is 2.52. The first kappa shape index (κ1) is 34.7. The Morgan fingerprint density at radius 3 is 1.97 bits per heavy atom. The topological polar surface area (TPSA) is 17.0 Å². The lowest BCUT2D eigenvalue weighted by Crippen LogP contribution is -2.37. The van der Waals surface area contributed by atoms with Crippen molar-refractivity contribution in [2.75, 3.05) is 5.32 Å². The van der Waals surface area contributed by atoms with Gasteiger partial charge in [0.15, 0.2) is 7.28 Å². The molecular formula is C55H40BN2S2. The van der Waals surface area contributed by atoms with Crippen molar-refractivity contribution >= 4 is 114 Å². The molecule has 0 spiro atoms. The number of hydrogen-bond donors (Lipinski definition) is 1. The number of anilines is 2. The highest BCUT2D eigenvalue weighted by atomic mass is 32.1. The minimum atomic E-state index is -0.127. The lowest BCUT2D eigenvalue weighted by molar-refractivity contribution is 0.590. The van der Waals surface area contributed by atoms with Crippen molar-refractivity contribution < 1.29 is 0 Å². The van der Waals surface area contributed by atoms with Crippen molar-refractivity contribution in [3.8, 4) is 27.9 Å². The summed E-state index contributed by atoms with van der Waals surface area (Å²) in [6.07, 6.45) is 0. The molecule has 4 heterocycles. The maximum Gasteiger partial charge on any atom is 0.197 e. The molecule has 13 rings (SSSR count). The fraction of sp³-hybridized carbons (Fsp3) is 0.127. The van der Waals surface area contributed by atoms with E-state index in [1.807, 2.05) is 22.7 Å². The Bertz CT molecular complexity index is 3670. The Kier molecular flexibility index (Phi) is 6.94. The molecule has 0 atom stereocenters. The second-order valence-corrected chi connectivity index (χ2v) is 20.6. The quantitative estimate of drug-likeness (QED) is 0.176. The summed E-state index contributed by atoms with van der Waals surface area (Å²) in [5.74, 6) is 0. The van der Waals surface area contributed by atoms with Crippen LogP contribution in [-0.4, -0.2) is 11.8 Å². The maximum absolute atomic E-state index is 3.98. The summed E-state index contributed by atoms with van der Waals surface area (Å²) in [6, 6.07) is 55.4. The van der Waals surface area contributed by atoms with E-state index in [-0.39, 0.29) is 10.8 Å². The maximum atomic E-state index is 3.98. The van der Waals surface area contributed by atoms with Crippen molar-refractivity contribution in [1.82, 2.24) is 4.57 Å². The van der Waals surface area contributed by atoms with Crippen LogP contribution >= 0.6 is 22.7 Å². The molecule has 1 N–H and O–H groups in total. The van der Waals surface area contributed by atoms with Gasteiger partial charge in [-0.05, 0) is 104 Å². The fourth-order valence-electron chi connectivity index (χ4n) is 10.5. The van der Waals surface area contributed by atoms with Crippen LogP contribution in [0, 0.1) is 0 Å². The first-order valence-corrected chi connectivity index (χ1v) is 22.6. The van der Waals surface area contributed by atoms with Gasteiger partial charge in [0.2, 0.25) is 0 Å². The molecule has 2 nitrogen and oxygen atoms in total. The van der Waals surface area contributed by atoms with Gasteiger partial charge in [0.1, 0.15) is 0 Å². The van der Waals surface area contributed by atoms with Gasteiger partial charge in [0.25, 0.3) is 0 Å². The largest absolute Gasteiger partial charge is 0.355 e. The second-order valence-electron chi connectivity index (χ2n) is 18.4. The molecule has 1 aliphatic carbocycles. The predicted molar refractivity (Wildman–Crippen MR) is 263 cm³/mol. The molecule has 3 aromatic heterocycles. The molecule has 1 radical (unpaired) electrons. The van der Waals surface area contributed by atoms with Gasteiger partial charge in [-0.2, -0.15) is 0 Å². The molecule has 0 unspecified atom stereocenters. The third-order valence-electron chi connectivity index (χ3n) is 13.6. The van der Waals surface area contributed by atoms with Gasteiger partial charge in [-0.1, -0.05) is 131 Å². The SMILES string of the molecule is CC(C)(C)c1ccc(Nc2cc3c(cc2-c2ccc4c5cc6sc7ccccc7c6cc5n5c4c2[B]c2cc4c(cc2-5)sc2ccccc24)-c2ccccc2C3(C)C)cc1. The molecule has 0 saturated carbocycles. The Morgan fingerprint density at radius 1 is 0.533 bits per heavy atom. The molecule has 0 amide bonds. The smallest absolute Gasteiger partial charge is 0.197 e. The summed E-state index contributed by atoms with van der Waals surface area (Å²) in [5.41, 5.74) is 17.6. The molecule has 60 heavy (non-hydrogen) atoms. The number of fused-ring (bicyclic) bond motifs is 14. The van der Waals surface area contributed by atoms with Gasteiger partial charge in [-0.3, -0.25) is 0 Å². The number of hydrogen-bond acceptors (Lipinski definition) is 3. The average Bonchev–Trinajstić information content (AvgIpc) is 3.96. The Balaban J connectivity index is 1.11. The zero-order valence-electron chi connectivity index (χ0n) is 34.2. The first-order valence-electron chi connectivity index (χ1n) is 21.0. The van der Waals surface area contributed by atoms with Crippen LogP contribution in [-0.2, 0) is 10.8 Å². The summed E-state index contributed by atoms with van der Waals surface area (Å²) in [5, 5.41) is 11.9. The minimum absolute atomic E-state index is 0.0822. The van der Waals surface area contributed by atoms with Crippen LogP contribution < -0.4 is 16.2 Å². The Hall–Kier alpha value is -6.14. The first-order chi connectivity index (χ1) is 29.1. The predicted octanol–water partition coefficient (Wildman–Crippen LogP) is 14.5. The summed E-state index contributed by atoms with van der Waals surface area (Å²) >= 11 is 3.79. The lowest BCUT2D eigenvalue weighted by Gasteiger charge is -2.26. The molecule has 1 aliphatic heterocycles. The average molecular weight is 804 g/mol. The van der Waals surface area contributed by atoms with E-state index in [1.54, 1.807) is 0 Å². The van der Waals surface area contributed by atoms with Crippen LogP contribution in [0.4, 0.5) is 11.4 Å². The third kappa shape index (κ3) is 4.76. The molecule has 2 aliphatic rings. The number of nitrogens with zero attached hydrogens (tertiary/aromatic N) is 1.